The van der Waals surface area contributed by atoms with Crippen molar-refractivity contribution >= 4 is 18.0 Å². The average molecular weight is 467 g/mol. The van der Waals surface area contributed by atoms with Crippen LogP contribution < -0.4 is 5.32 Å². The second-order valence-electron chi connectivity index (χ2n) is 9.60. The van der Waals surface area contributed by atoms with Crippen LogP contribution in [0.25, 0.3) is 11.1 Å². The number of carboxylic acids is 1. The molecule has 1 heterocycles. The predicted molar refractivity (Wildman–Crippen MR) is 125 cm³/mol. The minimum atomic E-state index is -1.38. The van der Waals surface area contributed by atoms with Gasteiger partial charge >= 0.3 is 12.1 Å². The van der Waals surface area contributed by atoms with Gasteiger partial charge in [0.2, 0.25) is 5.91 Å². The molecule has 0 radical (unpaired) electrons. The van der Waals surface area contributed by atoms with E-state index in [4.69, 9.17) is 9.47 Å². The Bertz CT molecular complexity index is 1060. The molecule has 1 aliphatic heterocycles. The molecular weight excluding hydrogens is 436 g/mol. The van der Waals surface area contributed by atoms with E-state index in [0.29, 0.717) is 0 Å². The Hall–Kier alpha value is -3.39. The number of benzene rings is 2. The number of likely N-dealkylation sites (N-methyl/N-ethyl adjacent to an activating group) is 1. The molecule has 8 nitrogen and oxygen atoms in total. The first-order valence-corrected chi connectivity index (χ1v) is 11.4. The maximum absolute atomic E-state index is 12.9. The quantitative estimate of drug-likeness (QED) is 0.648. The predicted octanol–water partition coefficient (Wildman–Crippen LogP) is 3.40. The van der Waals surface area contributed by atoms with Crippen molar-refractivity contribution in [1.82, 2.24) is 10.2 Å². The molecule has 0 aromatic heterocycles. The number of carbonyl (C=O) groups excluding carboxylic acids is 2. The summed E-state index contributed by atoms with van der Waals surface area (Å²) in [6.07, 6.45) is -0.479. The van der Waals surface area contributed by atoms with Crippen molar-refractivity contribution in [2.45, 2.75) is 43.7 Å². The highest BCUT2D eigenvalue weighted by Gasteiger charge is 2.48. The zero-order valence-corrected chi connectivity index (χ0v) is 19.7. The van der Waals surface area contributed by atoms with E-state index in [9.17, 15) is 19.5 Å². The zero-order valence-electron chi connectivity index (χ0n) is 19.7. The van der Waals surface area contributed by atoms with Crippen molar-refractivity contribution in [3.63, 3.8) is 0 Å². The fourth-order valence-corrected chi connectivity index (χ4v) is 4.82. The Labute approximate surface area is 198 Å². The van der Waals surface area contributed by atoms with Gasteiger partial charge in [0, 0.05) is 38.0 Å². The third-order valence-corrected chi connectivity index (χ3v) is 6.79. The van der Waals surface area contributed by atoms with Crippen LogP contribution in [0.5, 0.6) is 0 Å². The van der Waals surface area contributed by atoms with Crippen LogP contribution in [0, 0.1) is 0 Å². The van der Waals surface area contributed by atoms with Crippen molar-refractivity contribution in [3.8, 4) is 11.1 Å². The monoisotopic (exact) mass is 466 g/mol. The molecule has 1 atom stereocenters. The van der Waals surface area contributed by atoms with Crippen molar-refractivity contribution in [1.29, 1.82) is 0 Å². The van der Waals surface area contributed by atoms with E-state index < -0.39 is 29.0 Å². The highest BCUT2D eigenvalue weighted by molar-refractivity contribution is 5.88. The Morgan fingerprint density at radius 3 is 2.24 bits per heavy atom. The number of fused-ring (bicyclic) bond motifs is 3. The summed E-state index contributed by atoms with van der Waals surface area (Å²) < 4.78 is 10.8. The number of rotatable bonds is 7. The lowest BCUT2D eigenvalue weighted by atomic mass is 9.94. The van der Waals surface area contributed by atoms with Gasteiger partial charge in [-0.3, -0.25) is 4.79 Å². The number of nitrogens with zero attached hydrogens (tertiary/aromatic N) is 1. The number of hydrogen-bond donors (Lipinski definition) is 2. The molecule has 2 N–H and O–H groups in total. The second-order valence-corrected chi connectivity index (χ2v) is 9.60. The molecule has 0 bridgehead atoms. The molecular formula is C26H30N2O6. The minimum Gasteiger partial charge on any atom is -0.479 e. The van der Waals surface area contributed by atoms with Gasteiger partial charge in [0.1, 0.15) is 6.61 Å². The minimum absolute atomic E-state index is 0.0508. The molecule has 4 rings (SSSR count). The van der Waals surface area contributed by atoms with E-state index in [2.05, 4.69) is 17.4 Å². The van der Waals surface area contributed by atoms with Crippen LogP contribution in [-0.4, -0.2) is 65.9 Å². The fourth-order valence-electron chi connectivity index (χ4n) is 4.82. The lowest BCUT2D eigenvalue weighted by Crippen LogP contribution is -2.58. The highest BCUT2D eigenvalue weighted by Crippen LogP contribution is 2.44. The van der Waals surface area contributed by atoms with Crippen LogP contribution in [0.4, 0.5) is 4.79 Å². The van der Waals surface area contributed by atoms with Crippen LogP contribution in [0.3, 0.4) is 0 Å². The molecule has 0 saturated carbocycles. The summed E-state index contributed by atoms with van der Waals surface area (Å²) in [5.74, 6) is -1.55. The molecule has 2 aromatic rings. The van der Waals surface area contributed by atoms with Gasteiger partial charge in [-0.25, -0.2) is 9.59 Å². The zero-order chi connectivity index (χ0) is 24.5. The first kappa shape index (κ1) is 23.8. The van der Waals surface area contributed by atoms with Gasteiger partial charge in [0.05, 0.1) is 6.61 Å². The van der Waals surface area contributed by atoms with E-state index >= 15 is 0 Å². The van der Waals surface area contributed by atoms with Crippen LogP contribution >= 0.6 is 0 Å². The topological polar surface area (TPSA) is 105 Å². The van der Waals surface area contributed by atoms with Gasteiger partial charge in [0.15, 0.2) is 5.54 Å². The molecule has 2 amide bonds. The molecule has 1 unspecified atom stereocenters. The van der Waals surface area contributed by atoms with Crippen LogP contribution in [0.2, 0.25) is 0 Å². The molecule has 1 saturated heterocycles. The van der Waals surface area contributed by atoms with E-state index in [0.717, 1.165) is 22.3 Å². The normalized spacial score (nSPS) is 19.3. The van der Waals surface area contributed by atoms with Gasteiger partial charge in [-0.2, -0.15) is 0 Å². The average Bonchev–Trinajstić information content (AvgIpc) is 3.41. The number of ether oxygens (including phenoxy) is 2. The second kappa shape index (κ2) is 9.10. The number of hydrogen-bond acceptors (Lipinski definition) is 5. The summed E-state index contributed by atoms with van der Waals surface area (Å²) >= 11 is 0. The Balaban J connectivity index is 1.37. The van der Waals surface area contributed by atoms with Gasteiger partial charge in [-0.1, -0.05) is 48.5 Å². The SMILES string of the molecule is CN(C(=O)CC(C)(C)NC(=O)OCC1c2ccccc2-c2ccccc21)C1(C(=O)O)CCOC1. The van der Waals surface area contributed by atoms with Crippen LogP contribution in [-0.2, 0) is 19.1 Å². The Morgan fingerprint density at radius 2 is 1.71 bits per heavy atom. The third kappa shape index (κ3) is 4.37. The lowest BCUT2D eigenvalue weighted by Gasteiger charge is -2.36. The summed E-state index contributed by atoms with van der Waals surface area (Å²) in [6, 6.07) is 16.2. The summed E-state index contributed by atoms with van der Waals surface area (Å²) in [4.78, 5) is 38.6. The Kier molecular flexibility index (Phi) is 6.36. The van der Waals surface area contributed by atoms with Gasteiger partial charge in [0.25, 0.3) is 0 Å². The molecule has 180 valence electrons. The van der Waals surface area contributed by atoms with Gasteiger partial charge < -0.3 is 24.8 Å². The van der Waals surface area contributed by atoms with Crippen LogP contribution in [0.1, 0.15) is 43.7 Å². The first-order valence-electron chi connectivity index (χ1n) is 11.4. The van der Waals surface area contributed by atoms with Gasteiger partial charge in [-0.15, -0.1) is 0 Å². The van der Waals surface area contributed by atoms with Crippen molar-refractivity contribution in [3.05, 3.63) is 59.7 Å². The van der Waals surface area contributed by atoms with Crippen molar-refractivity contribution in [2.75, 3.05) is 26.9 Å². The summed E-state index contributed by atoms with van der Waals surface area (Å²) in [6.45, 7) is 3.82. The number of carbonyl (C=O) groups is 3. The fraction of sp³-hybridized carbons (Fsp3) is 0.423. The maximum Gasteiger partial charge on any atom is 0.407 e. The number of alkyl carbamates (subject to hydrolysis) is 1. The van der Waals surface area contributed by atoms with E-state index in [1.165, 1.54) is 11.9 Å². The van der Waals surface area contributed by atoms with Crippen molar-refractivity contribution < 1.29 is 29.0 Å². The van der Waals surface area contributed by atoms with Crippen molar-refractivity contribution in [2.24, 2.45) is 0 Å². The summed E-state index contributed by atoms with van der Waals surface area (Å²) in [5, 5.41) is 12.4. The largest absolute Gasteiger partial charge is 0.479 e. The number of amides is 2. The van der Waals surface area contributed by atoms with E-state index in [1.54, 1.807) is 13.8 Å². The molecule has 34 heavy (non-hydrogen) atoms. The molecule has 2 aromatic carbocycles. The van der Waals surface area contributed by atoms with Gasteiger partial charge in [-0.05, 0) is 36.1 Å². The molecule has 8 heteroatoms. The maximum atomic E-state index is 12.9. The molecule has 1 fully saturated rings. The molecule has 1 aliphatic carbocycles. The summed E-state index contributed by atoms with van der Waals surface area (Å²) in [5.41, 5.74) is 2.20. The standard InChI is InChI=1S/C26H30N2O6/c1-25(2,14-22(29)28(3)26(23(30)31)12-13-33-16-26)27-24(32)34-15-21-19-10-6-4-8-17(19)18-9-5-7-11-20(18)21/h4-11,21H,12-16H2,1-3H3,(H,27,32)(H,30,31). The number of nitrogens with one attached hydrogen (secondary N) is 1. The van der Waals surface area contributed by atoms with E-state index in [1.807, 2.05) is 36.4 Å². The molecule has 2 aliphatic rings. The third-order valence-electron chi connectivity index (χ3n) is 6.79. The van der Waals surface area contributed by atoms with Crippen LogP contribution in [0.15, 0.2) is 48.5 Å². The molecule has 0 spiro atoms. The summed E-state index contributed by atoms with van der Waals surface area (Å²) in [7, 11) is 1.47. The number of aliphatic carboxylic acids is 1. The highest BCUT2D eigenvalue weighted by atomic mass is 16.5. The first-order chi connectivity index (χ1) is 16.1. The smallest absolute Gasteiger partial charge is 0.407 e. The number of carboxylic acid groups (broad SMARTS) is 1. The lowest BCUT2D eigenvalue weighted by molar-refractivity contribution is -0.158. The Morgan fingerprint density at radius 1 is 1.12 bits per heavy atom. The van der Waals surface area contributed by atoms with E-state index in [-0.39, 0.29) is 38.6 Å².